The van der Waals surface area contributed by atoms with Crippen molar-refractivity contribution in [1.82, 2.24) is 0 Å². The Hall–Kier alpha value is -2.27. The minimum absolute atomic E-state index is 0.174. The van der Waals surface area contributed by atoms with Crippen LogP contribution in [-0.4, -0.2) is 19.6 Å². The van der Waals surface area contributed by atoms with Crippen LogP contribution in [0.3, 0.4) is 0 Å². The van der Waals surface area contributed by atoms with Crippen LogP contribution in [0.4, 0.5) is 15.8 Å². The first-order valence-corrected chi connectivity index (χ1v) is 7.09. The number of methoxy groups -OCH3 is 1. The molecule has 0 aliphatic heterocycles. The predicted octanol–water partition coefficient (Wildman–Crippen LogP) is 3.93. The van der Waals surface area contributed by atoms with E-state index in [0.29, 0.717) is 23.0 Å². The Morgan fingerprint density at radius 2 is 2.00 bits per heavy atom. The lowest BCUT2D eigenvalue weighted by Crippen LogP contribution is -2.17. The SMILES string of the molecule is COc1ccc(Cl)cc1NCCC(=O)Nc1ccccc1F. The van der Waals surface area contributed by atoms with Gasteiger partial charge >= 0.3 is 0 Å². The molecule has 0 aromatic heterocycles. The molecule has 0 bridgehead atoms. The average Bonchev–Trinajstić information content (AvgIpc) is 2.50. The van der Waals surface area contributed by atoms with Gasteiger partial charge in [-0.1, -0.05) is 23.7 Å². The molecular formula is C16H16ClFN2O2. The van der Waals surface area contributed by atoms with Gasteiger partial charge in [-0.25, -0.2) is 4.39 Å². The van der Waals surface area contributed by atoms with Gasteiger partial charge in [-0.05, 0) is 30.3 Å². The molecule has 0 spiro atoms. The summed E-state index contributed by atoms with van der Waals surface area (Å²) >= 11 is 5.92. The standard InChI is InChI=1S/C16H16ClFN2O2/c1-22-15-7-6-11(17)10-14(15)19-9-8-16(21)20-13-5-3-2-4-12(13)18/h2-7,10,19H,8-9H2,1H3,(H,20,21). The van der Waals surface area contributed by atoms with E-state index >= 15 is 0 Å². The Labute approximate surface area is 133 Å². The highest BCUT2D eigenvalue weighted by atomic mass is 35.5. The Morgan fingerprint density at radius 1 is 1.23 bits per heavy atom. The highest BCUT2D eigenvalue weighted by molar-refractivity contribution is 6.30. The topological polar surface area (TPSA) is 50.4 Å². The number of anilines is 2. The number of rotatable bonds is 6. The van der Waals surface area contributed by atoms with Gasteiger partial charge < -0.3 is 15.4 Å². The number of hydrogen-bond acceptors (Lipinski definition) is 3. The summed E-state index contributed by atoms with van der Waals surface area (Å²) in [4.78, 5) is 11.8. The summed E-state index contributed by atoms with van der Waals surface area (Å²) in [6, 6.07) is 11.2. The summed E-state index contributed by atoms with van der Waals surface area (Å²) in [5.74, 6) is -0.0992. The average molecular weight is 323 g/mol. The minimum atomic E-state index is -0.458. The number of ether oxygens (including phenoxy) is 1. The maximum absolute atomic E-state index is 13.4. The van der Waals surface area contributed by atoms with E-state index in [2.05, 4.69) is 10.6 Å². The predicted molar refractivity (Wildman–Crippen MR) is 86.1 cm³/mol. The van der Waals surface area contributed by atoms with Gasteiger partial charge in [-0.2, -0.15) is 0 Å². The van der Waals surface area contributed by atoms with Crippen molar-refractivity contribution in [2.24, 2.45) is 0 Å². The largest absolute Gasteiger partial charge is 0.495 e. The van der Waals surface area contributed by atoms with E-state index in [0.717, 1.165) is 0 Å². The third-order valence-corrected chi connectivity index (χ3v) is 3.21. The highest BCUT2D eigenvalue weighted by Gasteiger charge is 2.07. The van der Waals surface area contributed by atoms with Crippen molar-refractivity contribution in [3.8, 4) is 5.75 Å². The van der Waals surface area contributed by atoms with Crippen molar-refractivity contribution in [1.29, 1.82) is 0 Å². The first-order valence-electron chi connectivity index (χ1n) is 6.72. The van der Waals surface area contributed by atoms with Crippen molar-refractivity contribution in [3.63, 3.8) is 0 Å². The molecule has 6 heteroatoms. The van der Waals surface area contributed by atoms with E-state index in [1.54, 1.807) is 37.4 Å². The molecular weight excluding hydrogens is 307 g/mol. The second kappa shape index (κ2) is 7.66. The summed E-state index contributed by atoms with van der Waals surface area (Å²) in [5, 5.41) is 6.17. The van der Waals surface area contributed by atoms with E-state index in [4.69, 9.17) is 16.3 Å². The molecule has 0 unspecified atom stereocenters. The molecule has 0 aliphatic rings. The number of hydrogen-bond donors (Lipinski definition) is 2. The lowest BCUT2D eigenvalue weighted by molar-refractivity contribution is -0.116. The summed E-state index contributed by atoms with van der Waals surface area (Å²) in [6.45, 7) is 0.372. The lowest BCUT2D eigenvalue weighted by Gasteiger charge is -2.11. The van der Waals surface area contributed by atoms with Crippen molar-refractivity contribution in [2.75, 3.05) is 24.3 Å². The first kappa shape index (κ1) is 16.1. The summed E-state index contributed by atoms with van der Waals surface area (Å²) < 4.78 is 18.6. The molecule has 22 heavy (non-hydrogen) atoms. The fourth-order valence-corrected chi connectivity index (χ4v) is 2.08. The number of para-hydroxylation sites is 1. The van der Waals surface area contributed by atoms with Gasteiger partial charge in [-0.3, -0.25) is 4.79 Å². The molecule has 0 fully saturated rings. The number of carbonyl (C=O) groups excluding carboxylic acids is 1. The van der Waals surface area contributed by atoms with Crippen LogP contribution in [0.1, 0.15) is 6.42 Å². The zero-order valence-electron chi connectivity index (χ0n) is 12.0. The van der Waals surface area contributed by atoms with E-state index < -0.39 is 5.82 Å². The summed E-state index contributed by atoms with van der Waals surface area (Å²) in [5.41, 5.74) is 0.876. The van der Waals surface area contributed by atoms with Gasteiger partial charge in [-0.15, -0.1) is 0 Å². The monoisotopic (exact) mass is 322 g/mol. The minimum Gasteiger partial charge on any atom is -0.495 e. The third-order valence-electron chi connectivity index (χ3n) is 2.98. The number of amides is 1. The molecule has 4 nitrogen and oxygen atoms in total. The summed E-state index contributed by atoms with van der Waals surface area (Å²) in [6.07, 6.45) is 0.185. The second-order valence-electron chi connectivity index (χ2n) is 4.55. The van der Waals surface area contributed by atoms with Crippen LogP contribution in [0.25, 0.3) is 0 Å². The Kier molecular flexibility index (Phi) is 5.61. The fourth-order valence-electron chi connectivity index (χ4n) is 1.90. The third kappa shape index (κ3) is 4.36. The molecule has 0 heterocycles. The van der Waals surface area contributed by atoms with Gasteiger partial charge in [0.15, 0.2) is 0 Å². The zero-order valence-corrected chi connectivity index (χ0v) is 12.8. The van der Waals surface area contributed by atoms with Gasteiger partial charge in [0, 0.05) is 18.0 Å². The Balaban J connectivity index is 1.87. The van der Waals surface area contributed by atoms with Crippen LogP contribution in [0.2, 0.25) is 5.02 Å². The van der Waals surface area contributed by atoms with Gasteiger partial charge in [0.05, 0.1) is 18.5 Å². The molecule has 0 saturated heterocycles. The molecule has 0 radical (unpaired) electrons. The first-order chi connectivity index (χ1) is 10.6. The van der Waals surface area contributed by atoms with Crippen molar-refractivity contribution < 1.29 is 13.9 Å². The van der Waals surface area contributed by atoms with Gasteiger partial charge in [0.25, 0.3) is 0 Å². The quantitative estimate of drug-likeness (QED) is 0.847. The van der Waals surface area contributed by atoms with Gasteiger partial charge in [0.1, 0.15) is 11.6 Å². The van der Waals surface area contributed by atoms with Crippen molar-refractivity contribution in [3.05, 3.63) is 53.3 Å². The van der Waals surface area contributed by atoms with Crippen LogP contribution in [-0.2, 0) is 4.79 Å². The number of carbonyl (C=O) groups is 1. The fraction of sp³-hybridized carbons (Fsp3) is 0.188. The van der Waals surface area contributed by atoms with Crippen LogP contribution in [0.15, 0.2) is 42.5 Å². The van der Waals surface area contributed by atoms with Crippen LogP contribution < -0.4 is 15.4 Å². The summed E-state index contributed by atoms with van der Waals surface area (Å²) in [7, 11) is 1.55. The lowest BCUT2D eigenvalue weighted by atomic mass is 10.2. The maximum Gasteiger partial charge on any atom is 0.226 e. The van der Waals surface area contributed by atoms with E-state index in [1.807, 2.05) is 0 Å². The smallest absolute Gasteiger partial charge is 0.226 e. The van der Waals surface area contributed by atoms with Crippen molar-refractivity contribution >= 4 is 28.9 Å². The molecule has 1 amide bonds. The van der Waals surface area contributed by atoms with Crippen LogP contribution in [0, 0.1) is 5.82 Å². The molecule has 0 atom stereocenters. The highest BCUT2D eigenvalue weighted by Crippen LogP contribution is 2.27. The molecule has 2 N–H and O–H groups in total. The molecule has 0 saturated carbocycles. The molecule has 2 rings (SSSR count). The normalized spacial score (nSPS) is 10.1. The molecule has 116 valence electrons. The van der Waals surface area contributed by atoms with Crippen LogP contribution >= 0.6 is 11.6 Å². The van der Waals surface area contributed by atoms with E-state index in [9.17, 15) is 9.18 Å². The maximum atomic E-state index is 13.4. The van der Waals surface area contributed by atoms with Crippen LogP contribution in [0.5, 0.6) is 5.75 Å². The van der Waals surface area contributed by atoms with Gasteiger partial charge in [0.2, 0.25) is 5.91 Å². The second-order valence-corrected chi connectivity index (χ2v) is 4.99. The van der Waals surface area contributed by atoms with E-state index in [1.165, 1.54) is 12.1 Å². The number of halogens is 2. The molecule has 2 aromatic carbocycles. The molecule has 2 aromatic rings. The van der Waals surface area contributed by atoms with Crippen molar-refractivity contribution in [2.45, 2.75) is 6.42 Å². The molecule has 0 aliphatic carbocycles. The number of nitrogens with one attached hydrogen (secondary N) is 2. The zero-order chi connectivity index (χ0) is 15.9. The van der Waals surface area contributed by atoms with E-state index in [-0.39, 0.29) is 18.0 Å². The number of benzene rings is 2. The Morgan fingerprint density at radius 3 is 2.73 bits per heavy atom. The Bertz CT molecular complexity index is 664.